The molecule has 2 heteroatoms. The summed E-state index contributed by atoms with van der Waals surface area (Å²) in [5.74, 6) is 0. The molecule has 0 aliphatic heterocycles. The van der Waals surface area contributed by atoms with Crippen LogP contribution < -0.4 is 5.73 Å². The second-order valence-electron chi connectivity index (χ2n) is 3.57. The van der Waals surface area contributed by atoms with E-state index in [2.05, 4.69) is 0 Å². The number of aliphatic hydroxyl groups excluding tert-OH is 1. The topological polar surface area (TPSA) is 46.2 Å². The standard InChI is InChI=1S/C7H13NO/c8-6-4-7(6)2-1-5(9)3-7/h5-6,9H,1-4,8H2. The molecule has 3 atom stereocenters. The maximum absolute atomic E-state index is 9.17. The van der Waals surface area contributed by atoms with Gasteiger partial charge in [-0.05, 0) is 31.1 Å². The minimum Gasteiger partial charge on any atom is -0.393 e. The lowest BCUT2D eigenvalue weighted by Crippen LogP contribution is -2.11. The minimum absolute atomic E-state index is 0.0430. The molecule has 0 aromatic rings. The van der Waals surface area contributed by atoms with Gasteiger partial charge in [0, 0.05) is 6.04 Å². The Morgan fingerprint density at radius 2 is 2.11 bits per heavy atom. The van der Waals surface area contributed by atoms with Crippen LogP contribution in [0.5, 0.6) is 0 Å². The fourth-order valence-corrected chi connectivity index (χ4v) is 2.03. The van der Waals surface area contributed by atoms with Gasteiger partial charge in [-0.3, -0.25) is 0 Å². The monoisotopic (exact) mass is 127 g/mol. The Morgan fingerprint density at radius 1 is 1.44 bits per heavy atom. The van der Waals surface area contributed by atoms with E-state index in [0.29, 0.717) is 11.5 Å². The van der Waals surface area contributed by atoms with Gasteiger partial charge in [0.05, 0.1) is 6.10 Å². The third kappa shape index (κ3) is 0.700. The summed E-state index contributed by atoms with van der Waals surface area (Å²) in [6.07, 6.45) is 4.22. The zero-order valence-corrected chi connectivity index (χ0v) is 5.51. The summed E-state index contributed by atoms with van der Waals surface area (Å²) < 4.78 is 0. The van der Waals surface area contributed by atoms with Crippen LogP contribution >= 0.6 is 0 Å². The molecule has 2 saturated carbocycles. The second-order valence-corrected chi connectivity index (χ2v) is 3.57. The van der Waals surface area contributed by atoms with Crippen molar-refractivity contribution in [3.8, 4) is 0 Å². The van der Waals surface area contributed by atoms with Crippen LogP contribution in [0.1, 0.15) is 25.7 Å². The Hall–Kier alpha value is -0.0800. The van der Waals surface area contributed by atoms with Gasteiger partial charge in [0.1, 0.15) is 0 Å². The lowest BCUT2D eigenvalue weighted by Gasteiger charge is -2.03. The molecule has 2 fully saturated rings. The van der Waals surface area contributed by atoms with Crippen LogP contribution in [0.25, 0.3) is 0 Å². The van der Waals surface area contributed by atoms with Crippen LogP contribution in [0.3, 0.4) is 0 Å². The molecule has 0 bridgehead atoms. The summed E-state index contributed by atoms with van der Waals surface area (Å²) in [6, 6.07) is 0.412. The summed E-state index contributed by atoms with van der Waals surface area (Å²) in [5.41, 5.74) is 6.12. The van der Waals surface area contributed by atoms with Crippen molar-refractivity contribution in [1.82, 2.24) is 0 Å². The summed E-state index contributed by atoms with van der Waals surface area (Å²) >= 11 is 0. The van der Waals surface area contributed by atoms with Crippen molar-refractivity contribution < 1.29 is 5.11 Å². The van der Waals surface area contributed by atoms with Gasteiger partial charge in [0.25, 0.3) is 0 Å². The van der Waals surface area contributed by atoms with E-state index in [0.717, 1.165) is 25.7 Å². The van der Waals surface area contributed by atoms with E-state index >= 15 is 0 Å². The highest BCUT2D eigenvalue weighted by molar-refractivity contribution is 5.10. The van der Waals surface area contributed by atoms with Crippen molar-refractivity contribution in [3.63, 3.8) is 0 Å². The average Bonchev–Trinajstić information content (AvgIpc) is 2.17. The van der Waals surface area contributed by atoms with Gasteiger partial charge in [-0.15, -0.1) is 0 Å². The van der Waals surface area contributed by atoms with Crippen molar-refractivity contribution >= 4 is 0 Å². The minimum atomic E-state index is -0.0430. The molecule has 0 aromatic heterocycles. The Labute approximate surface area is 55.1 Å². The van der Waals surface area contributed by atoms with Crippen LogP contribution in [-0.2, 0) is 0 Å². The van der Waals surface area contributed by atoms with Gasteiger partial charge in [-0.2, -0.15) is 0 Å². The van der Waals surface area contributed by atoms with Gasteiger partial charge in [0.2, 0.25) is 0 Å². The zero-order valence-electron chi connectivity index (χ0n) is 5.51. The fraction of sp³-hybridized carbons (Fsp3) is 1.00. The van der Waals surface area contributed by atoms with Crippen molar-refractivity contribution in [2.75, 3.05) is 0 Å². The largest absolute Gasteiger partial charge is 0.393 e. The van der Waals surface area contributed by atoms with Crippen LogP contribution in [0.2, 0.25) is 0 Å². The van der Waals surface area contributed by atoms with Crippen molar-refractivity contribution in [2.45, 2.75) is 37.8 Å². The van der Waals surface area contributed by atoms with E-state index in [9.17, 15) is 0 Å². The molecule has 52 valence electrons. The smallest absolute Gasteiger partial charge is 0.0546 e. The maximum Gasteiger partial charge on any atom is 0.0546 e. The molecule has 0 radical (unpaired) electrons. The number of hydrogen-bond donors (Lipinski definition) is 2. The first kappa shape index (κ1) is 5.69. The van der Waals surface area contributed by atoms with E-state index in [1.807, 2.05) is 0 Å². The van der Waals surface area contributed by atoms with E-state index in [4.69, 9.17) is 10.8 Å². The highest BCUT2D eigenvalue weighted by Gasteiger charge is 2.55. The molecule has 2 aliphatic rings. The number of hydrogen-bond acceptors (Lipinski definition) is 2. The summed E-state index contributed by atoms with van der Waals surface area (Å²) in [7, 11) is 0. The zero-order chi connectivity index (χ0) is 6.48. The predicted molar refractivity (Wildman–Crippen MR) is 34.9 cm³/mol. The van der Waals surface area contributed by atoms with E-state index in [-0.39, 0.29) is 6.10 Å². The van der Waals surface area contributed by atoms with E-state index < -0.39 is 0 Å². The quantitative estimate of drug-likeness (QED) is 0.490. The van der Waals surface area contributed by atoms with Gasteiger partial charge in [-0.25, -0.2) is 0 Å². The number of nitrogens with two attached hydrogens (primary N) is 1. The van der Waals surface area contributed by atoms with E-state index in [1.165, 1.54) is 0 Å². The molecule has 0 saturated heterocycles. The first-order chi connectivity index (χ1) is 4.23. The van der Waals surface area contributed by atoms with Crippen LogP contribution in [0.15, 0.2) is 0 Å². The molecule has 0 amide bonds. The summed E-state index contributed by atoms with van der Waals surface area (Å²) in [4.78, 5) is 0. The van der Waals surface area contributed by atoms with Crippen molar-refractivity contribution in [3.05, 3.63) is 0 Å². The van der Waals surface area contributed by atoms with E-state index in [1.54, 1.807) is 0 Å². The third-order valence-corrected chi connectivity index (χ3v) is 2.87. The summed E-state index contributed by atoms with van der Waals surface area (Å²) in [5, 5.41) is 9.17. The van der Waals surface area contributed by atoms with Gasteiger partial charge in [0.15, 0.2) is 0 Å². The molecular weight excluding hydrogens is 114 g/mol. The molecule has 3 unspecified atom stereocenters. The predicted octanol–water partition coefficient (Wildman–Crippen LogP) is 0.249. The van der Waals surface area contributed by atoms with Crippen LogP contribution in [0.4, 0.5) is 0 Å². The highest BCUT2D eigenvalue weighted by Crippen LogP contribution is 2.56. The molecule has 0 aromatic carbocycles. The van der Waals surface area contributed by atoms with Crippen LogP contribution in [0, 0.1) is 5.41 Å². The molecule has 2 rings (SSSR count). The molecule has 0 heterocycles. The first-order valence-corrected chi connectivity index (χ1v) is 3.67. The van der Waals surface area contributed by atoms with Crippen molar-refractivity contribution in [1.29, 1.82) is 0 Å². The lowest BCUT2D eigenvalue weighted by atomic mass is 10.1. The van der Waals surface area contributed by atoms with Gasteiger partial charge in [-0.1, -0.05) is 0 Å². The SMILES string of the molecule is NC1CC12CCC(O)C2. The first-order valence-electron chi connectivity index (χ1n) is 3.67. The number of rotatable bonds is 0. The average molecular weight is 127 g/mol. The number of aliphatic hydroxyl groups is 1. The highest BCUT2D eigenvalue weighted by atomic mass is 16.3. The second kappa shape index (κ2) is 1.50. The normalized spacial score (nSPS) is 56.7. The van der Waals surface area contributed by atoms with Crippen molar-refractivity contribution in [2.24, 2.45) is 11.1 Å². The fourth-order valence-electron chi connectivity index (χ4n) is 2.03. The summed E-state index contributed by atoms with van der Waals surface area (Å²) in [6.45, 7) is 0. The van der Waals surface area contributed by atoms with Gasteiger partial charge >= 0.3 is 0 Å². The molecule has 1 spiro atoms. The Balaban J connectivity index is 2.03. The van der Waals surface area contributed by atoms with Gasteiger partial charge < -0.3 is 10.8 Å². The third-order valence-electron chi connectivity index (χ3n) is 2.87. The molecular formula is C7H13NO. The Kier molecular flexibility index (Phi) is 0.945. The van der Waals surface area contributed by atoms with Crippen LogP contribution in [-0.4, -0.2) is 17.3 Å². The molecule has 3 N–H and O–H groups in total. The molecule has 2 aliphatic carbocycles. The maximum atomic E-state index is 9.17. The molecule has 9 heavy (non-hydrogen) atoms. The Bertz CT molecular complexity index is 135. The Morgan fingerprint density at radius 3 is 2.33 bits per heavy atom. The molecule has 2 nitrogen and oxygen atoms in total. The lowest BCUT2D eigenvalue weighted by molar-refractivity contribution is 0.175.